The van der Waals surface area contributed by atoms with Gasteiger partial charge in [-0.25, -0.2) is 0 Å². The van der Waals surface area contributed by atoms with E-state index in [1.807, 2.05) is 6.07 Å². The summed E-state index contributed by atoms with van der Waals surface area (Å²) in [7, 11) is 0. The third-order valence-electron chi connectivity index (χ3n) is 6.03. The summed E-state index contributed by atoms with van der Waals surface area (Å²) < 4.78 is 6.37. The quantitative estimate of drug-likeness (QED) is 0.709. The first-order chi connectivity index (χ1) is 11.0. The molecule has 0 aromatic heterocycles. The summed E-state index contributed by atoms with van der Waals surface area (Å²) in [5.41, 5.74) is 2.32. The SMILES string of the molecule is CCCCCc1cc(O)c2c(c1)OC1C(C)CCC(C(C)C)C21. The van der Waals surface area contributed by atoms with E-state index in [4.69, 9.17) is 4.74 Å². The van der Waals surface area contributed by atoms with Gasteiger partial charge in [0.05, 0.1) is 0 Å². The van der Waals surface area contributed by atoms with Crippen LogP contribution in [0, 0.1) is 17.8 Å². The van der Waals surface area contributed by atoms with Crippen molar-refractivity contribution in [3.63, 3.8) is 0 Å². The maximum Gasteiger partial charge on any atom is 0.127 e. The van der Waals surface area contributed by atoms with Gasteiger partial charge < -0.3 is 9.84 Å². The molecule has 1 saturated carbocycles. The number of phenols is 1. The fourth-order valence-electron chi connectivity index (χ4n) is 4.68. The van der Waals surface area contributed by atoms with Crippen molar-refractivity contribution in [3.05, 3.63) is 23.3 Å². The zero-order valence-electron chi connectivity index (χ0n) is 15.1. The molecule has 1 fully saturated rings. The normalized spacial score (nSPS) is 29.3. The third-order valence-corrected chi connectivity index (χ3v) is 6.03. The van der Waals surface area contributed by atoms with Gasteiger partial charge in [-0.2, -0.15) is 0 Å². The van der Waals surface area contributed by atoms with Gasteiger partial charge in [0, 0.05) is 11.5 Å². The monoisotopic (exact) mass is 316 g/mol. The van der Waals surface area contributed by atoms with Crippen molar-refractivity contribution in [2.75, 3.05) is 0 Å². The summed E-state index contributed by atoms with van der Waals surface area (Å²) in [6, 6.07) is 4.20. The molecule has 1 aliphatic carbocycles. The molecule has 1 aromatic rings. The summed E-state index contributed by atoms with van der Waals surface area (Å²) >= 11 is 0. The molecule has 128 valence electrons. The highest BCUT2D eigenvalue weighted by atomic mass is 16.5. The lowest BCUT2D eigenvalue weighted by molar-refractivity contribution is 0.0602. The first-order valence-electron chi connectivity index (χ1n) is 9.55. The highest BCUT2D eigenvalue weighted by molar-refractivity contribution is 5.53. The molecule has 1 aromatic carbocycles. The minimum Gasteiger partial charge on any atom is -0.508 e. The van der Waals surface area contributed by atoms with Crippen LogP contribution in [-0.4, -0.2) is 11.2 Å². The van der Waals surface area contributed by atoms with Crippen molar-refractivity contribution >= 4 is 0 Å². The lowest BCUT2D eigenvalue weighted by atomic mass is 9.66. The first kappa shape index (κ1) is 16.7. The van der Waals surface area contributed by atoms with E-state index in [9.17, 15) is 5.11 Å². The molecule has 4 atom stereocenters. The van der Waals surface area contributed by atoms with E-state index in [1.165, 1.54) is 37.7 Å². The van der Waals surface area contributed by atoms with Gasteiger partial charge in [-0.15, -0.1) is 0 Å². The second-order valence-corrected chi connectivity index (χ2v) is 8.05. The average Bonchev–Trinajstić information content (AvgIpc) is 2.88. The number of hydrogen-bond acceptors (Lipinski definition) is 2. The van der Waals surface area contributed by atoms with Gasteiger partial charge in [0.2, 0.25) is 0 Å². The molecule has 0 bridgehead atoms. The Labute approximate surface area is 141 Å². The smallest absolute Gasteiger partial charge is 0.127 e. The van der Waals surface area contributed by atoms with Crippen molar-refractivity contribution < 1.29 is 9.84 Å². The van der Waals surface area contributed by atoms with Gasteiger partial charge in [-0.1, -0.05) is 40.5 Å². The minimum absolute atomic E-state index is 0.253. The summed E-state index contributed by atoms with van der Waals surface area (Å²) in [6.45, 7) is 9.15. The molecule has 1 aliphatic heterocycles. The van der Waals surface area contributed by atoms with Crippen LogP contribution in [0.15, 0.2) is 12.1 Å². The first-order valence-corrected chi connectivity index (χ1v) is 9.55. The predicted octanol–water partition coefficient (Wildman–Crippen LogP) is 5.67. The largest absolute Gasteiger partial charge is 0.508 e. The molecule has 3 rings (SSSR count). The molecule has 23 heavy (non-hydrogen) atoms. The maximum absolute atomic E-state index is 10.7. The number of benzene rings is 1. The fraction of sp³-hybridized carbons (Fsp3) is 0.714. The Kier molecular flexibility index (Phi) is 4.89. The van der Waals surface area contributed by atoms with Crippen molar-refractivity contribution in [2.24, 2.45) is 17.8 Å². The highest BCUT2D eigenvalue weighted by Crippen LogP contribution is 2.55. The highest BCUT2D eigenvalue weighted by Gasteiger charge is 2.47. The second kappa shape index (κ2) is 6.75. The molecule has 0 radical (unpaired) electrons. The van der Waals surface area contributed by atoms with E-state index >= 15 is 0 Å². The minimum atomic E-state index is 0.253. The second-order valence-electron chi connectivity index (χ2n) is 8.05. The average molecular weight is 316 g/mol. The summed E-state index contributed by atoms with van der Waals surface area (Å²) in [5, 5.41) is 10.7. The van der Waals surface area contributed by atoms with Crippen LogP contribution >= 0.6 is 0 Å². The van der Waals surface area contributed by atoms with Gasteiger partial charge in [0.1, 0.15) is 17.6 Å². The van der Waals surface area contributed by atoms with Crippen molar-refractivity contribution in [3.8, 4) is 11.5 Å². The predicted molar refractivity (Wildman–Crippen MR) is 95.2 cm³/mol. The lowest BCUT2D eigenvalue weighted by Crippen LogP contribution is -2.38. The van der Waals surface area contributed by atoms with Crippen molar-refractivity contribution in [1.29, 1.82) is 0 Å². The molecule has 0 saturated heterocycles. The fourth-order valence-corrected chi connectivity index (χ4v) is 4.68. The van der Waals surface area contributed by atoms with Crippen LogP contribution in [0.1, 0.15) is 76.8 Å². The van der Waals surface area contributed by atoms with Gasteiger partial charge in [0.15, 0.2) is 0 Å². The Morgan fingerprint density at radius 1 is 1.22 bits per heavy atom. The number of rotatable bonds is 5. The number of ether oxygens (including phenoxy) is 1. The van der Waals surface area contributed by atoms with Gasteiger partial charge in [0.25, 0.3) is 0 Å². The Morgan fingerprint density at radius 2 is 2.00 bits per heavy atom. The van der Waals surface area contributed by atoms with E-state index in [0.717, 1.165) is 17.7 Å². The summed E-state index contributed by atoms with van der Waals surface area (Å²) in [4.78, 5) is 0. The molecular weight excluding hydrogens is 284 g/mol. The summed E-state index contributed by atoms with van der Waals surface area (Å²) in [6.07, 6.45) is 7.44. The van der Waals surface area contributed by atoms with E-state index in [-0.39, 0.29) is 6.10 Å². The molecule has 2 heteroatoms. The van der Waals surface area contributed by atoms with Gasteiger partial charge in [-0.3, -0.25) is 0 Å². The topological polar surface area (TPSA) is 29.5 Å². The zero-order valence-corrected chi connectivity index (χ0v) is 15.1. The number of fused-ring (bicyclic) bond motifs is 3. The third kappa shape index (κ3) is 3.09. The van der Waals surface area contributed by atoms with Crippen LogP contribution in [0.25, 0.3) is 0 Å². The molecular formula is C21H32O2. The van der Waals surface area contributed by atoms with Crippen LogP contribution < -0.4 is 4.74 Å². The zero-order chi connectivity index (χ0) is 16.6. The Bertz CT molecular complexity index is 549. The Balaban J connectivity index is 1.90. The van der Waals surface area contributed by atoms with Crippen molar-refractivity contribution in [2.45, 2.75) is 78.2 Å². The van der Waals surface area contributed by atoms with Crippen LogP contribution in [0.2, 0.25) is 0 Å². The van der Waals surface area contributed by atoms with Crippen LogP contribution in [-0.2, 0) is 6.42 Å². The molecule has 0 spiro atoms. The number of phenolic OH excluding ortho intramolecular Hbond substituents is 1. The maximum atomic E-state index is 10.7. The molecule has 1 N–H and O–H groups in total. The number of hydrogen-bond donors (Lipinski definition) is 1. The summed E-state index contributed by atoms with van der Waals surface area (Å²) in [5.74, 6) is 3.64. The molecule has 0 amide bonds. The standard InChI is InChI=1S/C21H32O2/c1-5-6-7-8-15-11-17(22)20-18(12-15)23-21-14(4)9-10-16(13(2)3)19(20)21/h11-14,16,19,21-22H,5-10H2,1-4H3. The van der Waals surface area contributed by atoms with E-state index < -0.39 is 0 Å². The van der Waals surface area contributed by atoms with E-state index in [0.29, 0.717) is 29.4 Å². The van der Waals surface area contributed by atoms with Crippen LogP contribution in [0.4, 0.5) is 0 Å². The van der Waals surface area contributed by atoms with Crippen molar-refractivity contribution in [1.82, 2.24) is 0 Å². The van der Waals surface area contributed by atoms with E-state index in [2.05, 4.69) is 33.8 Å². The molecule has 1 heterocycles. The molecule has 4 unspecified atom stereocenters. The number of aryl methyl sites for hydroxylation is 1. The van der Waals surface area contributed by atoms with Gasteiger partial charge >= 0.3 is 0 Å². The Hall–Kier alpha value is -1.18. The van der Waals surface area contributed by atoms with Gasteiger partial charge in [-0.05, 0) is 61.1 Å². The van der Waals surface area contributed by atoms with Crippen LogP contribution in [0.5, 0.6) is 11.5 Å². The lowest BCUT2D eigenvalue weighted by Gasteiger charge is -2.39. The Morgan fingerprint density at radius 3 is 2.70 bits per heavy atom. The molecule has 2 aliphatic rings. The molecule has 2 nitrogen and oxygen atoms in total. The van der Waals surface area contributed by atoms with Crippen LogP contribution in [0.3, 0.4) is 0 Å². The van der Waals surface area contributed by atoms with E-state index in [1.54, 1.807) is 0 Å². The number of aromatic hydroxyl groups is 1. The number of unbranched alkanes of at least 4 members (excludes halogenated alkanes) is 2.